The number of thioether (sulfide) groups is 1. The third-order valence-electron chi connectivity index (χ3n) is 4.09. The van der Waals surface area contributed by atoms with Crippen LogP contribution in [0.2, 0.25) is 0 Å². The minimum Gasteiger partial charge on any atom is -0.342 e. The first-order valence-electron chi connectivity index (χ1n) is 8.05. The van der Waals surface area contributed by atoms with Crippen molar-refractivity contribution in [3.8, 4) is 0 Å². The van der Waals surface area contributed by atoms with E-state index in [0.717, 1.165) is 27.2 Å². The fourth-order valence-electron chi connectivity index (χ4n) is 2.85. The van der Waals surface area contributed by atoms with E-state index in [1.54, 1.807) is 23.1 Å². The lowest BCUT2D eigenvalue weighted by Gasteiger charge is -2.05. The maximum Gasteiger partial charge on any atom is 0.211 e. The van der Waals surface area contributed by atoms with Crippen LogP contribution in [0.3, 0.4) is 0 Å². The van der Waals surface area contributed by atoms with Crippen LogP contribution in [0, 0.1) is 5.82 Å². The van der Waals surface area contributed by atoms with Crippen molar-refractivity contribution in [1.82, 2.24) is 19.4 Å². The quantitative estimate of drug-likeness (QED) is 0.396. The molecule has 0 unspecified atom stereocenters. The highest BCUT2D eigenvalue weighted by Gasteiger charge is 2.08. The Balaban J connectivity index is 1.70. The number of halogens is 1. The van der Waals surface area contributed by atoms with Crippen LogP contribution in [0.15, 0.2) is 71.3 Å². The molecule has 26 heavy (non-hydrogen) atoms. The van der Waals surface area contributed by atoms with Gasteiger partial charge in [0.15, 0.2) is 0 Å². The van der Waals surface area contributed by atoms with E-state index in [9.17, 15) is 4.39 Å². The Bertz CT molecular complexity index is 1070. The fourth-order valence-corrected chi connectivity index (χ4v) is 3.26. The van der Waals surface area contributed by atoms with E-state index in [0.29, 0.717) is 6.54 Å². The van der Waals surface area contributed by atoms with Crippen molar-refractivity contribution in [1.29, 1.82) is 0 Å². The minimum atomic E-state index is -0.225. The number of fused-ring (bicyclic) bond motifs is 1. The second-order valence-corrected chi connectivity index (χ2v) is 6.54. The molecule has 5 nitrogen and oxygen atoms in total. The highest BCUT2D eigenvalue weighted by molar-refractivity contribution is 7.98. The normalized spacial score (nSPS) is 11.6. The summed E-state index contributed by atoms with van der Waals surface area (Å²) in [5.74, 6) is -0.225. The van der Waals surface area contributed by atoms with E-state index in [2.05, 4.69) is 38.2 Å². The van der Waals surface area contributed by atoms with Gasteiger partial charge in [-0.2, -0.15) is 9.78 Å². The van der Waals surface area contributed by atoms with Crippen LogP contribution < -0.4 is 0 Å². The smallest absolute Gasteiger partial charge is 0.211 e. The molecule has 0 saturated carbocycles. The summed E-state index contributed by atoms with van der Waals surface area (Å²) in [6.45, 7) is 0.664. The van der Waals surface area contributed by atoms with Crippen molar-refractivity contribution in [3.05, 3.63) is 78.0 Å². The third-order valence-corrected chi connectivity index (χ3v) is 4.72. The summed E-state index contributed by atoms with van der Waals surface area (Å²) in [5.41, 5.74) is 3.15. The summed E-state index contributed by atoms with van der Waals surface area (Å²) in [6, 6.07) is 14.7. The first-order valence-corrected chi connectivity index (χ1v) is 9.28. The molecule has 2 aromatic heterocycles. The van der Waals surface area contributed by atoms with Gasteiger partial charge in [0, 0.05) is 29.2 Å². The average Bonchev–Trinajstić information content (AvgIpc) is 3.26. The number of nitrogens with zero attached hydrogens (tertiary/aromatic N) is 5. The van der Waals surface area contributed by atoms with Gasteiger partial charge in [0.2, 0.25) is 5.16 Å². The largest absolute Gasteiger partial charge is 0.342 e. The first-order chi connectivity index (χ1) is 12.7. The predicted octanol–water partition coefficient (Wildman–Crippen LogP) is 4.02. The Labute approximate surface area is 154 Å². The molecule has 2 aromatic carbocycles. The van der Waals surface area contributed by atoms with Crippen molar-refractivity contribution in [2.45, 2.75) is 11.7 Å². The van der Waals surface area contributed by atoms with Gasteiger partial charge in [-0.1, -0.05) is 42.1 Å². The zero-order valence-corrected chi connectivity index (χ0v) is 14.9. The number of rotatable bonds is 5. The van der Waals surface area contributed by atoms with Gasteiger partial charge in [-0.15, -0.1) is 10.2 Å². The number of benzene rings is 2. The zero-order valence-electron chi connectivity index (χ0n) is 14.1. The van der Waals surface area contributed by atoms with Gasteiger partial charge in [-0.25, -0.2) is 4.39 Å². The molecule has 7 heteroatoms. The summed E-state index contributed by atoms with van der Waals surface area (Å²) >= 11 is 1.49. The van der Waals surface area contributed by atoms with Gasteiger partial charge in [-0.05, 0) is 30.0 Å². The Hall–Kier alpha value is -2.93. The van der Waals surface area contributed by atoms with Crippen molar-refractivity contribution >= 4 is 28.9 Å². The lowest BCUT2D eigenvalue weighted by molar-refractivity contribution is 0.626. The molecule has 0 aliphatic heterocycles. The first kappa shape index (κ1) is 16.5. The third kappa shape index (κ3) is 3.25. The summed E-state index contributed by atoms with van der Waals surface area (Å²) < 4.78 is 16.9. The van der Waals surface area contributed by atoms with Crippen molar-refractivity contribution in [2.24, 2.45) is 5.10 Å². The van der Waals surface area contributed by atoms with Crippen LogP contribution in [0.25, 0.3) is 10.9 Å². The van der Waals surface area contributed by atoms with Gasteiger partial charge >= 0.3 is 0 Å². The van der Waals surface area contributed by atoms with Crippen LogP contribution in [0.1, 0.15) is 11.1 Å². The van der Waals surface area contributed by atoms with Crippen LogP contribution in [0.5, 0.6) is 0 Å². The number of aromatic nitrogens is 4. The Kier molecular flexibility index (Phi) is 4.53. The topological polar surface area (TPSA) is 48.0 Å². The SMILES string of the molecule is CSc1nncn1/N=C\c1cn(Cc2ccc(F)cc2)c2ccccc12. The molecular weight excluding hydrogens is 349 g/mol. The second kappa shape index (κ2) is 7.13. The molecule has 4 rings (SSSR count). The van der Waals surface area contributed by atoms with Crippen LogP contribution in [-0.2, 0) is 6.54 Å². The Morgan fingerprint density at radius 2 is 1.96 bits per heavy atom. The van der Waals surface area contributed by atoms with E-state index < -0.39 is 0 Å². The van der Waals surface area contributed by atoms with Crippen LogP contribution in [-0.4, -0.2) is 31.9 Å². The maximum atomic E-state index is 13.1. The molecule has 130 valence electrons. The lowest BCUT2D eigenvalue weighted by atomic mass is 10.2. The summed E-state index contributed by atoms with van der Waals surface area (Å²) in [6.07, 6.45) is 7.39. The molecule has 0 atom stereocenters. The summed E-state index contributed by atoms with van der Waals surface area (Å²) in [4.78, 5) is 0. The number of hydrogen-bond acceptors (Lipinski definition) is 4. The Morgan fingerprint density at radius 3 is 2.77 bits per heavy atom. The average molecular weight is 365 g/mol. The van der Waals surface area contributed by atoms with Crippen LogP contribution >= 0.6 is 11.8 Å². The predicted molar refractivity (Wildman–Crippen MR) is 102 cm³/mol. The van der Waals surface area contributed by atoms with Crippen molar-refractivity contribution in [3.63, 3.8) is 0 Å². The molecular formula is C19H16FN5S. The molecule has 4 aromatic rings. The minimum absolute atomic E-state index is 0.225. The number of hydrogen-bond donors (Lipinski definition) is 0. The monoisotopic (exact) mass is 365 g/mol. The van der Waals surface area contributed by atoms with Crippen molar-refractivity contribution < 1.29 is 4.39 Å². The molecule has 0 fully saturated rings. The maximum absolute atomic E-state index is 13.1. The van der Waals surface area contributed by atoms with Gasteiger partial charge in [-0.3, -0.25) is 0 Å². The highest BCUT2D eigenvalue weighted by atomic mass is 32.2. The summed E-state index contributed by atoms with van der Waals surface area (Å²) in [7, 11) is 0. The van der Waals surface area contributed by atoms with Gasteiger partial charge in [0.05, 0.1) is 6.21 Å². The van der Waals surface area contributed by atoms with Gasteiger partial charge in [0.1, 0.15) is 12.1 Å². The molecule has 0 radical (unpaired) electrons. The zero-order chi connectivity index (χ0) is 17.9. The molecule has 0 spiro atoms. The van der Waals surface area contributed by atoms with E-state index in [1.807, 2.05) is 24.6 Å². The van der Waals surface area contributed by atoms with Gasteiger partial charge < -0.3 is 4.57 Å². The standard InChI is InChI=1S/C19H16FN5S/c1-26-19-23-21-13-25(19)22-10-15-12-24(18-5-3-2-4-17(15)18)11-14-6-8-16(20)9-7-14/h2-10,12-13H,11H2,1H3/b22-10-. The van der Waals surface area contributed by atoms with Gasteiger partial charge in [0.25, 0.3) is 0 Å². The van der Waals surface area contributed by atoms with E-state index >= 15 is 0 Å². The lowest BCUT2D eigenvalue weighted by Crippen LogP contribution is -1.97. The Morgan fingerprint density at radius 1 is 1.15 bits per heavy atom. The van der Waals surface area contributed by atoms with E-state index in [4.69, 9.17) is 0 Å². The number of para-hydroxylation sites is 1. The second-order valence-electron chi connectivity index (χ2n) is 5.76. The molecule has 0 N–H and O–H groups in total. The molecule has 0 saturated heterocycles. The summed E-state index contributed by atoms with van der Waals surface area (Å²) in [5, 5.41) is 14.2. The fraction of sp³-hybridized carbons (Fsp3) is 0.105. The molecule has 0 aliphatic rings. The molecule has 0 bridgehead atoms. The van der Waals surface area contributed by atoms with Crippen LogP contribution in [0.4, 0.5) is 4.39 Å². The molecule has 0 aliphatic carbocycles. The molecule has 2 heterocycles. The highest BCUT2D eigenvalue weighted by Crippen LogP contribution is 2.21. The molecule has 0 amide bonds. The van der Waals surface area contributed by atoms with E-state index in [-0.39, 0.29) is 5.82 Å². The van der Waals surface area contributed by atoms with E-state index in [1.165, 1.54) is 23.9 Å². The van der Waals surface area contributed by atoms with Crippen molar-refractivity contribution in [2.75, 3.05) is 6.26 Å².